The maximum Gasteiger partial charge on any atom is 0.311 e. The van der Waals surface area contributed by atoms with Gasteiger partial charge in [0.15, 0.2) is 0 Å². The Labute approximate surface area is 179 Å². The summed E-state index contributed by atoms with van der Waals surface area (Å²) in [6.45, 7) is 1.21. The SMILES string of the molecule is CN(c1cccnc1)c1ccc([N+](=O)[O-])c(Nc2ccc(N3CCCC(F)C3)cc2)n1. The highest BCUT2D eigenvalue weighted by molar-refractivity contribution is 5.71. The van der Waals surface area contributed by atoms with Gasteiger partial charge in [-0.25, -0.2) is 9.37 Å². The predicted molar refractivity (Wildman–Crippen MR) is 119 cm³/mol. The molecule has 1 aliphatic heterocycles. The molecule has 1 fully saturated rings. The Morgan fingerprint density at radius 3 is 2.71 bits per heavy atom. The second-order valence-electron chi connectivity index (χ2n) is 7.42. The van der Waals surface area contributed by atoms with Gasteiger partial charge in [0.25, 0.3) is 0 Å². The number of hydrogen-bond donors (Lipinski definition) is 1. The van der Waals surface area contributed by atoms with Crippen molar-refractivity contribution in [1.29, 1.82) is 0 Å². The molecule has 1 saturated heterocycles. The maximum absolute atomic E-state index is 13.7. The van der Waals surface area contributed by atoms with Crippen LogP contribution in [0.25, 0.3) is 0 Å². The minimum Gasteiger partial charge on any atom is -0.369 e. The van der Waals surface area contributed by atoms with Crippen molar-refractivity contribution in [1.82, 2.24) is 9.97 Å². The summed E-state index contributed by atoms with van der Waals surface area (Å²) >= 11 is 0. The molecule has 3 aromatic rings. The number of anilines is 5. The highest BCUT2D eigenvalue weighted by atomic mass is 19.1. The number of pyridine rings is 2. The van der Waals surface area contributed by atoms with Gasteiger partial charge in [-0.3, -0.25) is 15.1 Å². The topological polar surface area (TPSA) is 87.4 Å². The molecular formula is C22H23FN6O2. The fourth-order valence-corrected chi connectivity index (χ4v) is 3.60. The number of hydrogen-bond acceptors (Lipinski definition) is 7. The Balaban J connectivity index is 1.57. The zero-order valence-electron chi connectivity index (χ0n) is 17.1. The first-order valence-corrected chi connectivity index (χ1v) is 10.1. The smallest absolute Gasteiger partial charge is 0.311 e. The lowest BCUT2D eigenvalue weighted by Crippen LogP contribution is -2.36. The number of nitrogens with one attached hydrogen (secondary N) is 1. The molecule has 0 spiro atoms. The number of rotatable bonds is 6. The lowest BCUT2D eigenvalue weighted by molar-refractivity contribution is -0.384. The second kappa shape index (κ2) is 8.95. The number of piperidine rings is 1. The van der Waals surface area contributed by atoms with Crippen molar-refractivity contribution >= 4 is 34.4 Å². The Morgan fingerprint density at radius 2 is 2.03 bits per heavy atom. The van der Waals surface area contributed by atoms with Crippen LogP contribution in [0.3, 0.4) is 0 Å². The van der Waals surface area contributed by atoms with Gasteiger partial charge in [-0.2, -0.15) is 0 Å². The molecule has 0 aliphatic carbocycles. The van der Waals surface area contributed by atoms with Gasteiger partial charge >= 0.3 is 5.69 Å². The summed E-state index contributed by atoms with van der Waals surface area (Å²) in [7, 11) is 1.82. The van der Waals surface area contributed by atoms with Crippen LogP contribution in [0, 0.1) is 10.1 Å². The zero-order chi connectivity index (χ0) is 21.8. The van der Waals surface area contributed by atoms with Crippen molar-refractivity contribution in [2.45, 2.75) is 19.0 Å². The van der Waals surface area contributed by atoms with Crippen LogP contribution in [0.15, 0.2) is 60.9 Å². The Hall–Kier alpha value is -3.75. The van der Waals surface area contributed by atoms with E-state index >= 15 is 0 Å². The van der Waals surface area contributed by atoms with Gasteiger partial charge in [0.2, 0.25) is 5.82 Å². The van der Waals surface area contributed by atoms with Crippen LogP contribution in [-0.2, 0) is 0 Å². The van der Waals surface area contributed by atoms with E-state index in [2.05, 4.69) is 15.3 Å². The lowest BCUT2D eigenvalue weighted by atomic mass is 10.1. The number of halogens is 1. The molecule has 1 N–H and O–H groups in total. The first kappa shape index (κ1) is 20.5. The number of aromatic nitrogens is 2. The van der Waals surface area contributed by atoms with E-state index in [0.717, 1.165) is 24.3 Å². The first-order chi connectivity index (χ1) is 15.0. The molecule has 2 aromatic heterocycles. The van der Waals surface area contributed by atoms with Gasteiger partial charge < -0.3 is 15.1 Å². The summed E-state index contributed by atoms with van der Waals surface area (Å²) < 4.78 is 13.7. The molecule has 0 saturated carbocycles. The summed E-state index contributed by atoms with van der Waals surface area (Å²) in [4.78, 5) is 23.4. The minimum absolute atomic E-state index is 0.122. The molecule has 0 bridgehead atoms. The van der Waals surface area contributed by atoms with Gasteiger partial charge in [0.05, 0.1) is 16.8 Å². The molecule has 8 nitrogen and oxygen atoms in total. The quantitative estimate of drug-likeness (QED) is 0.449. The van der Waals surface area contributed by atoms with Crippen LogP contribution >= 0.6 is 0 Å². The normalized spacial score (nSPS) is 16.1. The third-order valence-corrected chi connectivity index (χ3v) is 5.29. The van der Waals surface area contributed by atoms with E-state index in [1.165, 1.54) is 6.07 Å². The molecule has 160 valence electrons. The van der Waals surface area contributed by atoms with E-state index in [-0.39, 0.29) is 11.5 Å². The van der Waals surface area contributed by atoms with E-state index in [1.54, 1.807) is 23.4 Å². The monoisotopic (exact) mass is 422 g/mol. The number of alkyl halides is 1. The molecule has 31 heavy (non-hydrogen) atoms. The predicted octanol–water partition coefficient (Wildman–Crippen LogP) is 4.83. The van der Waals surface area contributed by atoms with Crippen molar-refractivity contribution < 1.29 is 9.31 Å². The molecule has 1 aliphatic rings. The van der Waals surface area contributed by atoms with Gasteiger partial charge in [0, 0.05) is 43.8 Å². The zero-order valence-corrected chi connectivity index (χ0v) is 17.1. The highest BCUT2D eigenvalue weighted by Gasteiger charge is 2.20. The summed E-state index contributed by atoms with van der Waals surface area (Å²) in [5.74, 6) is 0.688. The van der Waals surface area contributed by atoms with Crippen LogP contribution in [0.4, 0.5) is 38.8 Å². The Bertz CT molecular complexity index is 1050. The maximum atomic E-state index is 13.7. The fraction of sp³-hybridized carbons (Fsp3) is 0.273. The second-order valence-corrected chi connectivity index (χ2v) is 7.42. The molecule has 0 amide bonds. The number of benzene rings is 1. The molecule has 1 unspecified atom stereocenters. The van der Waals surface area contributed by atoms with Crippen LogP contribution in [-0.4, -0.2) is 41.2 Å². The van der Waals surface area contributed by atoms with Crippen LogP contribution in [0.5, 0.6) is 0 Å². The average Bonchev–Trinajstić information content (AvgIpc) is 2.79. The van der Waals surface area contributed by atoms with Crippen molar-refractivity contribution in [3.63, 3.8) is 0 Å². The highest BCUT2D eigenvalue weighted by Crippen LogP contribution is 2.31. The van der Waals surface area contributed by atoms with E-state index in [9.17, 15) is 14.5 Å². The fourth-order valence-electron chi connectivity index (χ4n) is 3.60. The molecule has 1 atom stereocenters. The van der Waals surface area contributed by atoms with Gasteiger partial charge in [-0.15, -0.1) is 0 Å². The van der Waals surface area contributed by atoms with Crippen molar-refractivity contribution in [2.75, 3.05) is 35.3 Å². The number of nitrogens with zero attached hydrogens (tertiary/aromatic N) is 5. The van der Waals surface area contributed by atoms with Gasteiger partial charge in [-0.1, -0.05) is 0 Å². The standard InChI is InChI=1S/C22H23FN6O2/c1-27(19-5-2-12-24-14-19)21-11-10-20(29(30)31)22(26-21)25-17-6-8-18(9-7-17)28-13-3-4-16(23)15-28/h2,5-12,14,16H,3-4,13,15H2,1H3,(H,25,26). The van der Waals surface area contributed by atoms with E-state index in [0.29, 0.717) is 24.5 Å². The molecular weight excluding hydrogens is 399 g/mol. The minimum atomic E-state index is -0.807. The van der Waals surface area contributed by atoms with Crippen LogP contribution < -0.4 is 15.1 Å². The van der Waals surface area contributed by atoms with E-state index < -0.39 is 11.1 Å². The van der Waals surface area contributed by atoms with Crippen LogP contribution in [0.1, 0.15) is 12.8 Å². The molecule has 9 heteroatoms. The van der Waals surface area contributed by atoms with E-state index in [4.69, 9.17) is 0 Å². The number of nitro groups is 1. The van der Waals surface area contributed by atoms with Crippen molar-refractivity contribution in [3.05, 3.63) is 71.0 Å². The third kappa shape index (κ3) is 4.71. The van der Waals surface area contributed by atoms with Crippen molar-refractivity contribution in [2.24, 2.45) is 0 Å². The lowest BCUT2D eigenvalue weighted by Gasteiger charge is -2.31. The summed E-state index contributed by atoms with van der Waals surface area (Å²) in [6, 6.07) is 14.1. The molecule has 4 rings (SSSR count). The largest absolute Gasteiger partial charge is 0.369 e. The summed E-state index contributed by atoms with van der Waals surface area (Å²) in [5, 5.41) is 14.6. The van der Waals surface area contributed by atoms with Crippen molar-refractivity contribution in [3.8, 4) is 0 Å². The first-order valence-electron chi connectivity index (χ1n) is 10.1. The molecule has 3 heterocycles. The molecule has 1 aromatic carbocycles. The van der Waals surface area contributed by atoms with E-state index in [1.807, 2.05) is 48.3 Å². The summed E-state index contributed by atoms with van der Waals surface area (Å²) in [5.41, 5.74) is 2.28. The average molecular weight is 422 g/mol. The summed E-state index contributed by atoms with van der Waals surface area (Å²) in [6.07, 6.45) is 3.99. The van der Waals surface area contributed by atoms with Gasteiger partial charge in [-0.05, 0) is 55.3 Å². The van der Waals surface area contributed by atoms with Gasteiger partial charge in [0.1, 0.15) is 12.0 Å². The Morgan fingerprint density at radius 1 is 1.23 bits per heavy atom. The molecule has 0 radical (unpaired) electrons. The third-order valence-electron chi connectivity index (χ3n) is 5.29. The van der Waals surface area contributed by atoms with Crippen LogP contribution in [0.2, 0.25) is 0 Å². The Kier molecular flexibility index (Phi) is 5.92.